The van der Waals surface area contributed by atoms with E-state index < -0.39 is 11.8 Å². The van der Waals surface area contributed by atoms with E-state index in [0.717, 1.165) is 0 Å². The van der Waals surface area contributed by atoms with Gasteiger partial charge >= 0.3 is 0 Å². The molecule has 0 aromatic carbocycles. The van der Waals surface area contributed by atoms with Gasteiger partial charge in [0.1, 0.15) is 6.17 Å². The van der Waals surface area contributed by atoms with E-state index in [2.05, 4.69) is 5.32 Å². The normalized spacial score (nSPS) is 45.0. The van der Waals surface area contributed by atoms with Crippen LogP contribution in [0.2, 0.25) is 0 Å². The molecule has 1 rings (SSSR count). The number of alkyl halides is 1. The summed E-state index contributed by atoms with van der Waals surface area (Å²) in [6.45, 7) is 2.54. The lowest BCUT2D eigenvalue weighted by atomic mass is 9.93. The highest BCUT2D eigenvalue weighted by atomic mass is 19.1. The van der Waals surface area contributed by atoms with Crippen molar-refractivity contribution >= 4 is 0 Å². The van der Waals surface area contributed by atoms with Crippen LogP contribution in [0.4, 0.5) is 4.39 Å². The summed E-state index contributed by atoms with van der Waals surface area (Å²) in [5.41, 5.74) is -1.09. The van der Waals surface area contributed by atoms with Crippen LogP contribution in [-0.2, 0) is 0 Å². The summed E-state index contributed by atoms with van der Waals surface area (Å²) in [6, 6.07) is 0. The van der Waals surface area contributed by atoms with E-state index >= 15 is 0 Å². The molecule has 2 atom stereocenters. The fraction of sp³-hybridized carbons (Fsp3) is 1.00. The van der Waals surface area contributed by atoms with Crippen LogP contribution < -0.4 is 5.32 Å². The molecular weight excluding hydrogens is 121 g/mol. The first-order chi connectivity index (χ1) is 4.13. The lowest BCUT2D eigenvalue weighted by molar-refractivity contribution is -0.0394. The first-order valence-corrected chi connectivity index (χ1v) is 3.20. The van der Waals surface area contributed by atoms with Gasteiger partial charge in [-0.2, -0.15) is 0 Å². The molecular formula is C6H12FNO. The molecule has 0 saturated carbocycles. The molecule has 2 N–H and O–H groups in total. The zero-order chi connectivity index (χ0) is 6.91. The highest BCUT2D eigenvalue weighted by Crippen LogP contribution is 2.19. The Morgan fingerprint density at radius 1 is 1.78 bits per heavy atom. The predicted molar refractivity (Wildman–Crippen MR) is 33.0 cm³/mol. The predicted octanol–water partition coefficient (Wildman–Crippen LogP) is 0.0688. The summed E-state index contributed by atoms with van der Waals surface area (Å²) in [7, 11) is 0. The number of hydrogen-bond acceptors (Lipinski definition) is 2. The molecule has 2 nitrogen and oxygen atoms in total. The minimum absolute atomic E-state index is 0.285. The molecule has 1 saturated heterocycles. The standard InChI is InChI=1S/C6H12FNO/c1-6(9)2-3-8-4-5(6)7/h5,8-9H,2-4H2,1H3/t5-,6?/m1/s1. The van der Waals surface area contributed by atoms with Crippen LogP contribution in [0.15, 0.2) is 0 Å². The SMILES string of the molecule is CC1(O)CCNC[C@H]1F. The van der Waals surface area contributed by atoms with Gasteiger partial charge in [0.2, 0.25) is 0 Å². The fourth-order valence-corrected chi connectivity index (χ4v) is 0.947. The Hall–Kier alpha value is -0.150. The van der Waals surface area contributed by atoms with E-state index in [0.29, 0.717) is 13.0 Å². The van der Waals surface area contributed by atoms with Crippen molar-refractivity contribution in [3.8, 4) is 0 Å². The minimum Gasteiger partial charge on any atom is -0.387 e. The number of hydrogen-bond donors (Lipinski definition) is 2. The van der Waals surface area contributed by atoms with Crippen molar-refractivity contribution in [1.29, 1.82) is 0 Å². The van der Waals surface area contributed by atoms with Gasteiger partial charge in [0, 0.05) is 6.54 Å². The molecule has 0 radical (unpaired) electrons. The monoisotopic (exact) mass is 133 g/mol. The largest absolute Gasteiger partial charge is 0.387 e. The van der Waals surface area contributed by atoms with Crippen LogP contribution in [0.1, 0.15) is 13.3 Å². The van der Waals surface area contributed by atoms with Crippen LogP contribution in [0.25, 0.3) is 0 Å². The molecule has 9 heavy (non-hydrogen) atoms. The van der Waals surface area contributed by atoms with Gasteiger partial charge in [0.05, 0.1) is 5.60 Å². The van der Waals surface area contributed by atoms with E-state index in [1.807, 2.05) is 0 Å². The lowest BCUT2D eigenvalue weighted by Gasteiger charge is -2.31. The van der Waals surface area contributed by atoms with Gasteiger partial charge in [0.25, 0.3) is 0 Å². The minimum atomic E-state index is -1.11. The zero-order valence-corrected chi connectivity index (χ0v) is 5.52. The highest BCUT2D eigenvalue weighted by molar-refractivity contribution is 4.88. The topological polar surface area (TPSA) is 32.3 Å². The third-order valence-corrected chi connectivity index (χ3v) is 1.81. The first kappa shape index (κ1) is 6.96. The third kappa shape index (κ3) is 1.40. The van der Waals surface area contributed by atoms with Crippen molar-refractivity contribution in [3.05, 3.63) is 0 Å². The molecule has 54 valence electrons. The molecule has 1 aliphatic heterocycles. The van der Waals surface area contributed by atoms with E-state index in [-0.39, 0.29) is 6.54 Å². The van der Waals surface area contributed by atoms with Gasteiger partial charge in [-0.25, -0.2) is 4.39 Å². The number of rotatable bonds is 0. The number of nitrogens with one attached hydrogen (secondary N) is 1. The molecule has 1 fully saturated rings. The van der Waals surface area contributed by atoms with Crippen LogP contribution in [0, 0.1) is 0 Å². The second-order valence-corrected chi connectivity index (χ2v) is 2.78. The molecule has 3 heteroatoms. The second-order valence-electron chi connectivity index (χ2n) is 2.78. The molecule has 0 spiro atoms. The van der Waals surface area contributed by atoms with E-state index in [1.165, 1.54) is 0 Å². The molecule has 0 bridgehead atoms. The second kappa shape index (κ2) is 2.23. The first-order valence-electron chi connectivity index (χ1n) is 3.20. The van der Waals surface area contributed by atoms with Crippen LogP contribution in [0.5, 0.6) is 0 Å². The Balaban J connectivity index is 2.49. The van der Waals surface area contributed by atoms with Gasteiger partial charge in [-0.3, -0.25) is 0 Å². The summed E-state index contributed by atoms with van der Waals surface area (Å²) < 4.78 is 12.6. The van der Waals surface area contributed by atoms with Gasteiger partial charge in [-0.1, -0.05) is 0 Å². The molecule has 0 aromatic rings. The Morgan fingerprint density at radius 3 is 2.78 bits per heavy atom. The average Bonchev–Trinajstić information content (AvgIpc) is 1.77. The van der Waals surface area contributed by atoms with Gasteiger partial charge < -0.3 is 10.4 Å². The van der Waals surface area contributed by atoms with Crippen molar-refractivity contribution in [2.45, 2.75) is 25.1 Å². The van der Waals surface area contributed by atoms with Crippen molar-refractivity contribution in [2.24, 2.45) is 0 Å². The highest BCUT2D eigenvalue weighted by Gasteiger charge is 2.34. The fourth-order valence-electron chi connectivity index (χ4n) is 0.947. The van der Waals surface area contributed by atoms with Crippen LogP contribution in [-0.4, -0.2) is 30.0 Å². The van der Waals surface area contributed by atoms with Gasteiger partial charge in [0.15, 0.2) is 0 Å². The molecule has 1 heterocycles. The van der Waals surface area contributed by atoms with E-state index in [1.54, 1.807) is 6.92 Å². The Morgan fingerprint density at radius 2 is 2.44 bits per heavy atom. The van der Waals surface area contributed by atoms with Crippen molar-refractivity contribution in [2.75, 3.05) is 13.1 Å². The summed E-state index contributed by atoms with van der Waals surface area (Å²) in [5.74, 6) is 0. The number of halogens is 1. The van der Waals surface area contributed by atoms with Crippen molar-refractivity contribution in [1.82, 2.24) is 5.32 Å². The Kier molecular flexibility index (Phi) is 1.73. The van der Waals surface area contributed by atoms with Crippen molar-refractivity contribution < 1.29 is 9.50 Å². The van der Waals surface area contributed by atoms with Crippen LogP contribution in [0.3, 0.4) is 0 Å². The zero-order valence-electron chi connectivity index (χ0n) is 5.52. The summed E-state index contributed by atoms with van der Waals surface area (Å²) in [5, 5.41) is 12.1. The summed E-state index contributed by atoms with van der Waals surface area (Å²) in [6.07, 6.45) is -0.597. The molecule has 1 unspecified atom stereocenters. The number of piperidine rings is 1. The molecule has 1 aliphatic rings. The summed E-state index contributed by atoms with van der Waals surface area (Å²) >= 11 is 0. The number of aliphatic hydroxyl groups is 1. The maximum atomic E-state index is 12.6. The maximum absolute atomic E-state index is 12.6. The Bertz CT molecular complexity index is 105. The molecule has 0 amide bonds. The van der Waals surface area contributed by atoms with Gasteiger partial charge in [-0.05, 0) is 19.9 Å². The summed E-state index contributed by atoms with van der Waals surface area (Å²) in [4.78, 5) is 0. The average molecular weight is 133 g/mol. The lowest BCUT2D eigenvalue weighted by Crippen LogP contribution is -2.49. The molecule has 0 aliphatic carbocycles. The van der Waals surface area contributed by atoms with Crippen molar-refractivity contribution in [3.63, 3.8) is 0 Å². The van der Waals surface area contributed by atoms with E-state index in [9.17, 15) is 9.50 Å². The van der Waals surface area contributed by atoms with Crippen LogP contribution >= 0.6 is 0 Å². The Labute approximate surface area is 54.1 Å². The smallest absolute Gasteiger partial charge is 0.141 e. The quantitative estimate of drug-likeness (QED) is 0.490. The van der Waals surface area contributed by atoms with Gasteiger partial charge in [-0.15, -0.1) is 0 Å². The third-order valence-electron chi connectivity index (χ3n) is 1.81. The molecule has 0 aromatic heterocycles. The van der Waals surface area contributed by atoms with E-state index in [4.69, 9.17) is 0 Å². The maximum Gasteiger partial charge on any atom is 0.141 e.